The van der Waals surface area contributed by atoms with Gasteiger partial charge in [0.05, 0.1) is 0 Å². The average molecular weight is 317 g/mol. The standard InChI is InChI=1S/C19H31N3O/c1-13(2)15(4)21-18-10-6-9-17(14(18)3)19(23)22-11-7-8-16(12-22)20-5/h6,9-10,13,15-16,20-21H,7-8,11-12H2,1-5H3. The van der Waals surface area contributed by atoms with Gasteiger partial charge in [0.15, 0.2) is 0 Å². The van der Waals surface area contributed by atoms with Gasteiger partial charge in [-0.15, -0.1) is 0 Å². The SMILES string of the molecule is CNC1CCCN(C(=O)c2cccc(NC(C)C(C)C)c2C)C1. The van der Waals surface area contributed by atoms with Crippen molar-refractivity contribution in [1.29, 1.82) is 0 Å². The van der Waals surface area contributed by atoms with Crippen LogP contribution in [-0.2, 0) is 0 Å². The van der Waals surface area contributed by atoms with Crippen molar-refractivity contribution < 1.29 is 4.79 Å². The molecule has 23 heavy (non-hydrogen) atoms. The number of hydrogen-bond acceptors (Lipinski definition) is 3. The molecule has 1 aromatic rings. The fourth-order valence-corrected chi connectivity index (χ4v) is 3.00. The zero-order valence-corrected chi connectivity index (χ0v) is 15.1. The molecule has 2 rings (SSSR count). The van der Waals surface area contributed by atoms with Gasteiger partial charge < -0.3 is 15.5 Å². The molecule has 4 nitrogen and oxygen atoms in total. The third-order valence-corrected chi connectivity index (χ3v) is 5.06. The van der Waals surface area contributed by atoms with Crippen LogP contribution in [0.25, 0.3) is 0 Å². The summed E-state index contributed by atoms with van der Waals surface area (Å²) in [6, 6.07) is 6.79. The van der Waals surface area contributed by atoms with E-state index in [0.29, 0.717) is 18.0 Å². The summed E-state index contributed by atoms with van der Waals surface area (Å²) in [4.78, 5) is 14.9. The van der Waals surface area contributed by atoms with Crippen LogP contribution in [0.5, 0.6) is 0 Å². The Morgan fingerprint density at radius 1 is 1.30 bits per heavy atom. The summed E-state index contributed by atoms with van der Waals surface area (Å²) in [6.07, 6.45) is 2.21. The minimum absolute atomic E-state index is 0.156. The summed E-state index contributed by atoms with van der Waals surface area (Å²) >= 11 is 0. The van der Waals surface area contributed by atoms with Gasteiger partial charge in [0, 0.05) is 36.4 Å². The Bertz CT molecular complexity index is 541. The number of hydrogen-bond donors (Lipinski definition) is 2. The molecule has 2 atom stereocenters. The van der Waals surface area contributed by atoms with Crippen LogP contribution in [0.2, 0.25) is 0 Å². The van der Waals surface area contributed by atoms with E-state index in [2.05, 4.69) is 37.5 Å². The highest BCUT2D eigenvalue weighted by Gasteiger charge is 2.25. The maximum absolute atomic E-state index is 12.9. The molecule has 1 aliphatic heterocycles. The van der Waals surface area contributed by atoms with E-state index in [-0.39, 0.29) is 5.91 Å². The number of likely N-dealkylation sites (N-methyl/N-ethyl adjacent to an activating group) is 1. The molecule has 128 valence electrons. The number of benzene rings is 1. The van der Waals surface area contributed by atoms with Crippen molar-refractivity contribution in [3.05, 3.63) is 29.3 Å². The molecule has 1 saturated heterocycles. The van der Waals surface area contributed by atoms with Gasteiger partial charge in [0.1, 0.15) is 0 Å². The Morgan fingerprint density at radius 3 is 2.70 bits per heavy atom. The molecule has 4 heteroatoms. The summed E-state index contributed by atoms with van der Waals surface area (Å²) in [5.41, 5.74) is 2.94. The molecule has 0 aromatic heterocycles. The lowest BCUT2D eigenvalue weighted by Gasteiger charge is -2.33. The van der Waals surface area contributed by atoms with Crippen molar-refractivity contribution in [3.63, 3.8) is 0 Å². The number of carbonyl (C=O) groups is 1. The lowest BCUT2D eigenvalue weighted by Crippen LogP contribution is -2.47. The van der Waals surface area contributed by atoms with Gasteiger partial charge in [-0.05, 0) is 57.4 Å². The number of nitrogens with zero attached hydrogens (tertiary/aromatic N) is 1. The molecule has 2 unspecified atom stereocenters. The van der Waals surface area contributed by atoms with Gasteiger partial charge >= 0.3 is 0 Å². The number of carbonyl (C=O) groups excluding carboxylic acids is 1. The second-order valence-corrected chi connectivity index (χ2v) is 7.03. The third kappa shape index (κ3) is 4.25. The van der Waals surface area contributed by atoms with Gasteiger partial charge in [-0.3, -0.25) is 4.79 Å². The smallest absolute Gasteiger partial charge is 0.254 e. The van der Waals surface area contributed by atoms with E-state index in [0.717, 1.165) is 42.7 Å². The lowest BCUT2D eigenvalue weighted by atomic mass is 10.0. The van der Waals surface area contributed by atoms with Crippen LogP contribution in [-0.4, -0.2) is 43.0 Å². The maximum Gasteiger partial charge on any atom is 0.254 e. The van der Waals surface area contributed by atoms with E-state index in [4.69, 9.17) is 0 Å². The molecular weight excluding hydrogens is 286 g/mol. The minimum atomic E-state index is 0.156. The van der Waals surface area contributed by atoms with E-state index < -0.39 is 0 Å². The highest BCUT2D eigenvalue weighted by molar-refractivity contribution is 5.97. The first kappa shape index (κ1) is 17.8. The van der Waals surface area contributed by atoms with E-state index in [1.54, 1.807) is 0 Å². The predicted octanol–water partition coefficient (Wildman–Crippen LogP) is 3.28. The summed E-state index contributed by atoms with van der Waals surface area (Å²) in [5, 5.41) is 6.84. The topological polar surface area (TPSA) is 44.4 Å². The van der Waals surface area contributed by atoms with Crippen LogP contribution in [0.1, 0.15) is 49.5 Å². The number of amides is 1. The first-order chi connectivity index (χ1) is 10.9. The predicted molar refractivity (Wildman–Crippen MR) is 97.1 cm³/mol. The summed E-state index contributed by atoms with van der Waals surface area (Å²) < 4.78 is 0. The van der Waals surface area contributed by atoms with Crippen molar-refractivity contribution in [2.45, 2.75) is 52.6 Å². The van der Waals surface area contributed by atoms with Gasteiger partial charge in [0.25, 0.3) is 5.91 Å². The minimum Gasteiger partial charge on any atom is -0.382 e. The van der Waals surface area contributed by atoms with Crippen LogP contribution in [0.15, 0.2) is 18.2 Å². The second kappa shape index (κ2) is 7.82. The molecule has 1 fully saturated rings. The zero-order valence-electron chi connectivity index (χ0n) is 15.1. The Labute approximate surface area is 140 Å². The van der Waals surface area contributed by atoms with E-state index >= 15 is 0 Å². The summed E-state index contributed by atoms with van der Waals surface area (Å²) in [6.45, 7) is 10.3. The first-order valence-electron chi connectivity index (χ1n) is 8.76. The molecule has 1 heterocycles. The third-order valence-electron chi connectivity index (χ3n) is 5.06. The Hall–Kier alpha value is -1.55. The average Bonchev–Trinajstić information content (AvgIpc) is 2.56. The van der Waals surface area contributed by atoms with Crippen LogP contribution in [0.4, 0.5) is 5.69 Å². The molecular formula is C19H31N3O. The Balaban J connectivity index is 2.17. The summed E-state index contributed by atoms with van der Waals surface area (Å²) in [5.74, 6) is 0.704. The fourth-order valence-electron chi connectivity index (χ4n) is 3.00. The quantitative estimate of drug-likeness (QED) is 0.876. The van der Waals surface area contributed by atoms with Crippen molar-refractivity contribution in [3.8, 4) is 0 Å². The number of nitrogens with one attached hydrogen (secondary N) is 2. The van der Waals surface area contributed by atoms with Crippen molar-refractivity contribution in [1.82, 2.24) is 10.2 Å². The molecule has 0 aliphatic carbocycles. The molecule has 0 bridgehead atoms. The van der Waals surface area contributed by atoms with Gasteiger partial charge in [-0.1, -0.05) is 19.9 Å². The lowest BCUT2D eigenvalue weighted by molar-refractivity contribution is 0.0697. The Morgan fingerprint density at radius 2 is 2.04 bits per heavy atom. The van der Waals surface area contributed by atoms with Gasteiger partial charge in [-0.2, -0.15) is 0 Å². The normalized spacial score (nSPS) is 19.7. The van der Waals surface area contributed by atoms with Crippen LogP contribution in [0, 0.1) is 12.8 Å². The Kier molecular flexibility index (Phi) is 6.05. The molecule has 1 aliphatic rings. The molecule has 1 aromatic carbocycles. The van der Waals surface area contributed by atoms with Crippen LogP contribution < -0.4 is 10.6 Å². The van der Waals surface area contributed by atoms with Gasteiger partial charge in [-0.25, -0.2) is 0 Å². The maximum atomic E-state index is 12.9. The molecule has 0 saturated carbocycles. The van der Waals surface area contributed by atoms with E-state index in [1.807, 2.05) is 31.0 Å². The molecule has 0 spiro atoms. The van der Waals surface area contributed by atoms with Crippen LogP contribution >= 0.6 is 0 Å². The number of rotatable bonds is 5. The largest absolute Gasteiger partial charge is 0.382 e. The zero-order chi connectivity index (χ0) is 17.0. The molecule has 2 N–H and O–H groups in total. The van der Waals surface area contributed by atoms with Crippen LogP contribution in [0.3, 0.4) is 0 Å². The summed E-state index contributed by atoms with van der Waals surface area (Å²) in [7, 11) is 1.97. The highest BCUT2D eigenvalue weighted by atomic mass is 16.2. The van der Waals surface area contributed by atoms with Gasteiger partial charge in [0.2, 0.25) is 0 Å². The van der Waals surface area contributed by atoms with E-state index in [9.17, 15) is 4.79 Å². The van der Waals surface area contributed by atoms with E-state index in [1.165, 1.54) is 0 Å². The molecule has 1 amide bonds. The first-order valence-corrected chi connectivity index (χ1v) is 8.76. The number of likely N-dealkylation sites (tertiary alicyclic amines) is 1. The highest BCUT2D eigenvalue weighted by Crippen LogP contribution is 2.23. The van der Waals surface area contributed by atoms with Crippen molar-refractivity contribution in [2.24, 2.45) is 5.92 Å². The number of piperidine rings is 1. The second-order valence-electron chi connectivity index (χ2n) is 7.03. The monoisotopic (exact) mass is 317 g/mol. The van der Waals surface area contributed by atoms with Crippen molar-refractivity contribution >= 4 is 11.6 Å². The molecule has 0 radical (unpaired) electrons. The number of anilines is 1. The van der Waals surface area contributed by atoms with Crippen molar-refractivity contribution in [2.75, 3.05) is 25.5 Å². The fraction of sp³-hybridized carbons (Fsp3) is 0.632.